The van der Waals surface area contributed by atoms with Crippen LogP contribution in [-0.2, 0) is 0 Å². The van der Waals surface area contributed by atoms with Gasteiger partial charge in [0.05, 0.1) is 47.1 Å². The molecule has 0 fully saturated rings. The fourth-order valence-corrected chi connectivity index (χ4v) is 3.14. The maximum atomic E-state index is 3.98. The number of hydrogen-bond acceptors (Lipinski definition) is 21. The van der Waals surface area contributed by atoms with E-state index in [0.29, 0.717) is 0 Å². The molecule has 63 heavy (non-hydrogen) atoms. The average Bonchev–Trinajstić information content (AvgIpc) is 3.31. The molecular formula is C42H51N21. The normalized spacial score (nSPS) is 8.71. The van der Waals surface area contributed by atoms with Crippen LogP contribution < -0.4 is 0 Å². The van der Waals surface area contributed by atoms with E-state index in [2.05, 4.69) is 106 Å². The van der Waals surface area contributed by atoms with Crippen molar-refractivity contribution < 1.29 is 0 Å². The van der Waals surface area contributed by atoms with Crippen molar-refractivity contribution in [2.24, 2.45) is 0 Å². The van der Waals surface area contributed by atoms with Crippen molar-refractivity contribution in [3.05, 3.63) is 200 Å². The van der Waals surface area contributed by atoms with Crippen LogP contribution in [0.5, 0.6) is 0 Å². The van der Waals surface area contributed by atoms with Gasteiger partial charge in [-0.05, 0) is 110 Å². The van der Waals surface area contributed by atoms with Gasteiger partial charge in [0.15, 0.2) is 0 Å². The molecule has 0 N–H and O–H groups in total. The molecule has 0 aromatic carbocycles. The molecule has 9 rings (SSSR count). The molecule has 9 heterocycles. The summed E-state index contributed by atoms with van der Waals surface area (Å²) in [5.41, 5.74) is 6.65. The van der Waals surface area contributed by atoms with E-state index in [0.717, 1.165) is 51.5 Å². The lowest BCUT2D eigenvalue weighted by molar-refractivity contribution is 0.839. The summed E-state index contributed by atoms with van der Waals surface area (Å²) in [5, 5.41) is 32.1. The topological polar surface area (TPSA) is 271 Å². The molecule has 9 aromatic heterocycles. The fraction of sp³-hybridized carbons (Fsp3) is 0.214. The van der Waals surface area contributed by atoms with Crippen LogP contribution in [0.25, 0.3) is 0 Å². The van der Waals surface area contributed by atoms with Crippen molar-refractivity contribution in [3.8, 4) is 0 Å². The zero-order chi connectivity index (χ0) is 46.0. The molecule has 0 aliphatic heterocycles. The summed E-state index contributed by atoms with van der Waals surface area (Å²) in [7, 11) is 0. The highest BCUT2D eigenvalue weighted by atomic mass is 15.3. The van der Waals surface area contributed by atoms with Crippen molar-refractivity contribution in [1.29, 1.82) is 0 Å². The molecule has 0 spiro atoms. The van der Waals surface area contributed by atoms with E-state index < -0.39 is 0 Å². The van der Waals surface area contributed by atoms with Crippen molar-refractivity contribution in [3.63, 3.8) is 0 Å². The Kier molecular flexibility index (Phi) is 30.5. The predicted molar refractivity (Wildman–Crippen MR) is 234 cm³/mol. The van der Waals surface area contributed by atoms with Crippen molar-refractivity contribution in [1.82, 2.24) is 106 Å². The van der Waals surface area contributed by atoms with Gasteiger partial charge in [-0.25, -0.2) is 44.9 Å². The highest BCUT2D eigenvalue weighted by molar-refractivity contribution is 5.00. The number of rotatable bonds is 0. The summed E-state index contributed by atoms with van der Waals surface area (Å²) < 4.78 is 0. The molecule has 21 heteroatoms. The van der Waals surface area contributed by atoms with Gasteiger partial charge in [0.25, 0.3) is 0 Å². The Balaban J connectivity index is 0.000000354. The van der Waals surface area contributed by atoms with Crippen LogP contribution in [0, 0.1) is 62.3 Å². The van der Waals surface area contributed by atoms with Gasteiger partial charge >= 0.3 is 0 Å². The number of nitrogens with zero attached hydrogens (tertiary/aromatic N) is 21. The lowest BCUT2D eigenvalue weighted by Crippen LogP contribution is -1.85. The van der Waals surface area contributed by atoms with Gasteiger partial charge in [-0.3, -0.25) is 15.0 Å². The van der Waals surface area contributed by atoms with Gasteiger partial charge in [0, 0.05) is 61.0 Å². The van der Waals surface area contributed by atoms with Gasteiger partial charge in [0.1, 0.15) is 43.3 Å². The van der Waals surface area contributed by atoms with E-state index in [-0.39, 0.29) is 0 Å². The van der Waals surface area contributed by atoms with E-state index in [4.69, 9.17) is 0 Å². The van der Waals surface area contributed by atoms with E-state index in [1.54, 1.807) is 80.3 Å². The maximum absolute atomic E-state index is 3.98. The molecule has 0 aliphatic carbocycles. The SMILES string of the molecule is Cc1ccccn1.Cc1cccnn1.Cc1ccncn1.Cc1ccnnn1.Cc1cnccn1.Cc1cncnn1.Cc1cnncn1.Cc1ncccn1.Cc1ncncn1. The lowest BCUT2D eigenvalue weighted by atomic mass is 10.4. The second-order valence-electron chi connectivity index (χ2n) is 11.8. The summed E-state index contributed by atoms with van der Waals surface area (Å²) in [6.45, 7) is 17.0. The number of pyridine rings is 1. The van der Waals surface area contributed by atoms with Crippen LogP contribution in [0.4, 0.5) is 0 Å². The second kappa shape index (κ2) is 36.6. The fourth-order valence-electron chi connectivity index (χ4n) is 3.14. The third kappa shape index (κ3) is 35.2. The Bertz CT molecular complexity index is 1760. The third-order valence-electron chi connectivity index (χ3n) is 6.11. The van der Waals surface area contributed by atoms with E-state index in [1.807, 2.05) is 98.7 Å². The first-order valence-electron chi connectivity index (χ1n) is 18.7. The zero-order valence-electron chi connectivity index (χ0n) is 36.7. The highest BCUT2D eigenvalue weighted by Gasteiger charge is 1.80. The Morgan fingerprint density at radius 2 is 0.873 bits per heavy atom. The summed E-state index contributed by atoms with van der Waals surface area (Å²) in [4.78, 5) is 45.7. The van der Waals surface area contributed by atoms with Gasteiger partial charge in [0.2, 0.25) is 0 Å². The van der Waals surface area contributed by atoms with Crippen LogP contribution in [0.15, 0.2) is 148 Å². The lowest BCUT2D eigenvalue weighted by Gasteiger charge is -1.82. The van der Waals surface area contributed by atoms with Crippen LogP contribution in [0.1, 0.15) is 51.5 Å². The minimum Gasteiger partial charge on any atom is -0.262 e. The van der Waals surface area contributed by atoms with Crippen molar-refractivity contribution >= 4 is 0 Å². The minimum absolute atomic E-state index is 0.759. The zero-order valence-corrected chi connectivity index (χ0v) is 36.7. The Morgan fingerprint density at radius 1 is 0.270 bits per heavy atom. The largest absolute Gasteiger partial charge is 0.262 e. The number of aromatic nitrogens is 21. The van der Waals surface area contributed by atoms with Crippen molar-refractivity contribution in [2.75, 3.05) is 0 Å². The quantitative estimate of drug-likeness (QED) is 0.188. The molecular weight excluding hydrogens is 799 g/mol. The molecule has 0 aliphatic rings. The summed E-state index contributed by atoms with van der Waals surface area (Å²) >= 11 is 0. The molecule has 0 radical (unpaired) electrons. The first-order chi connectivity index (χ1) is 30.5. The summed E-state index contributed by atoms with van der Waals surface area (Å²) in [6, 6.07) is 15.1. The van der Waals surface area contributed by atoms with Gasteiger partial charge in [-0.2, -0.15) is 20.4 Å². The van der Waals surface area contributed by atoms with Crippen LogP contribution >= 0.6 is 0 Å². The predicted octanol–water partition coefficient (Wildman–Crippen LogP) is 5.25. The summed E-state index contributed by atoms with van der Waals surface area (Å²) in [6.07, 6.45) is 25.9. The second-order valence-corrected chi connectivity index (χ2v) is 11.8. The van der Waals surface area contributed by atoms with E-state index in [9.17, 15) is 0 Å². The van der Waals surface area contributed by atoms with Crippen LogP contribution in [0.2, 0.25) is 0 Å². The average molecular weight is 850 g/mol. The highest BCUT2D eigenvalue weighted by Crippen LogP contribution is 1.87. The molecule has 9 aromatic rings. The van der Waals surface area contributed by atoms with Gasteiger partial charge < -0.3 is 0 Å². The summed E-state index contributed by atoms with van der Waals surface area (Å²) in [5.74, 6) is 1.58. The van der Waals surface area contributed by atoms with Crippen LogP contribution in [-0.4, -0.2) is 106 Å². The van der Waals surface area contributed by atoms with E-state index >= 15 is 0 Å². The Hall–Kier alpha value is -8.49. The molecule has 0 unspecified atom stereocenters. The monoisotopic (exact) mass is 849 g/mol. The molecule has 0 saturated carbocycles. The van der Waals surface area contributed by atoms with Crippen LogP contribution in [0.3, 0.4) is 0 Å². The molecule has 0 amide bonds. The van der Waals surface area contributed by atoms with E-state index in [1.165, 1.54) is 31.6 Å². The molecule has 0 bridgehead atoms. The smallest absolute Gasteiger partial charge is 0.138 e. The number of hydrogen-bond donors (Lipinski definition) is 0. The molecule has 0 saturated heterocycles. The first kappa shape index (κ1) is 52.5. The van der Waals surface area contributed by atoms with Gasteiger partial charge in [-0.1, -0.05) is 6.07 Å². The standard InChI is InChI=1S/C6H7N.4C5H6N2.4C4H5N3/c1-6-4-2-3-5-7-6;1-5-4-6-2-3-7-5;1-5-2-3-6-4-7-5;1-5-6-3-2-4-7-5;1-5-3-2-4-6-7-5;1-4-6-2-5-3-7-4;1-4-2-6-7-3-5-4;1-4-2-5-3-6-7-4;1-4-2-3-5-7-6-4/h2-5H,1H3;4*2-4H,1H3;4*2-3H,1H3. The number of aryl methyl sites for hydroxylation is 9. The Labute approximate surface area is 367 Å². The molecule has 21 nitrogen and oxygen atoms in total. The third-order valence-corrected chi connectivity index (χ3v) is 6.11. The first-order valence-corrected chi connectivity index (χ1v) is 18.7. The van der Waals surface area contributed by atoms with Gasteiger partial charge in [-0.15, -0.1) is 20.4 Å². The maximum Gasteiger partial charge on any atom is 0.138 e. The molecule has 324 valence electrons. The van der Waals surface area contributed by atoms with Crippen molar-refractivity contribution in [2.45, 2.75) is 62.3 Å². The minimum atomic E-state index is 0.759. The molecule has 0 atom stereocenters. The Morgan fingerprint density at radius 3 is 1.16 bits per heavy atom.